The second-order valence-electron chi connectivity index (χ2n) is 4.66. The van der Waals surface area contributed by atoms with Gasteiger partial charge in [0.05, 0.1) is 16.4 Å². The second-order valence-corrected chi connectivity index (χ2v) is 5.50. The first-order chi connectivity index (χ1) is 9.66. The molecule has 0 unspecified atom stereocenters. The summed E-state index contributed by atoms with van der Waals surface area (Å²) in [7, 11) is 0. The summed E-state index contributed by atoms with van der Waals surface area (Å²) in [6.07, 6.45) is 0. The van der Waals surface area contributed by atoms with E-state index in [9.17, 15) is 0 Å². The van der Waals surface area contributed by atoms with Gasteiger partial charge in [0.25, 0.3) is 0 Å². The fourth-order valence-corrected chi connectivity index (χ4v) is 2.85. The average molecular weight is 302 g/mol. The van der Waals surface area contributed by atoms with Crippen LogP contribution in [0.5, 0.6) is 0 Å². The number of halogens is 2. The first kappa shape index (κ1) is 13.3. The van der Waals surface area contributed by atoms with Gasteiger partial charge in [-0.3, -0.25) is 0 Å². The Morgan fingerprint density at radius 1 is 0.850 bits per heavy atom. The Hall–Kier alpha value is -1.70. The maximum absolute atomic E-state index is 6.35. The normalized spacial score (nSPS) is 10.8. The van der Waals surface area contributed by atoms with Gasteiger partial charge in [0.2, 0.25) is 0 Å². The van der Waals surface area contributed by atoms with Gasteiger partial charge >= 0.3 is 0 Å². The van der Waals surface area contributed by atoms with Crippen LogP contribution in [0.3, 0.4) is 0 Å². The molecule has 100 valence electrons. The van der Waals surface area contributed by atoms with E-state index in [1.807, 2.05) is 30.3 Å². The third kappa shape index (κ3) is 2.35. The topological polar surface area (TPSA) is 4.93 Å². The molecule has 3 rings (SSSR count). The van der Waals surface area contributed by atoms with E-state index in [-0.39, 0.29) is 0 Å². The summed E-state index contributed by atoms with van der Waals surface area (Å²) in [6, 6.07) is 20.0. The molecule has 3 aromatic rings. The molecule has 0 saturated heterocycles. The van der Waals surface area contributed by atoms with E-state index in [0.29, 0.717) is 10.0 Å². The molecule has 0 aliphatic rings. The van der Waals surface area contributed by atoms with Crippen molar-refractivity contribution in [1.29, 1.82) is 0 Å². The van der Waals surface area contributed by atoms with E-state index in [1.54, 1.807) is 6.07 Å². The van der Waals surface area contributed by atoms with E-state index in [2.05, 4.69) is 35.8 Å². The zero-order valence-electron chi connectivity index (χ0n) is 11.0. The number of aromatic nitrogens is 1. The molecule has 3 heteroatoms. The molecule has 0 bridgehead atoms. The van der Waals surface area contributed by atoms with E-state index in [1.165, 1.54) is 0 Å². The minimum Gasteiger partial charge on any atom is -0.312 e. The number of hydrogen-bond donors (Lipinski definition) is 0. The largest absolute Gasteiger partial charge is 0.312 e. The van der Waals surface area contributed by atoms with Gasteiger partial charge in [-0.2, -0.15) is 0 Å². The molecule has 2 aromatic carbocycles. The Morgan fingerprint density at radius 3 is 2.30 bits per heavy atom. The fourth-order valence-electron chi connectivity index (χ4n) is 2.36. The Bertz CT molecular complexity index is 745. The van der Waals surface area contributed by atoms with Crippen molar-refractivity contribution in [3.63, 3.8) is 0 Å². The second kappa shape index (κ2) is 5.35. The predicted molar refractivity (Wildman–Crippen MR) is 86.0 cm³/mol. The Balaban J connectivity index is 2.22. The van der Waals surface area contributed by atoms with Gasteiger partial charge in [-0.15, -0.1) is 0 Å². The molecular formula is C17H13Cl2N. The minimum atomic E-state index is 0.643. The van der Waals surface area contributed by atoms with Crippen LogP contribution in [0, 0.1) is 6.92 Å². The van der Waals surface area contributed by atoms with Crippen LogP contribution < -0.4 is 0 Å². The van der Waals surface area contributed by atoms with Gasteiger partial charge in [0.15, 0.2) is 0 Å². The zero-order chi connectivity index (χ0) is 14.1. The van der Waals surface area contributed by atoms with E-state index >= 15 is 0 Å². The minimum absolute atomic E-state index is 0.643. The van der Waals surface area contributed by atoms with Crippen molar-refractivity contribution in [2.45, 2.75) is 6.92 Å². The molecule has 1 nitrogen and oxygen atoms in total. The molecule has 20 heavy (non-hydrogen) atoms. The van der Waals surface area contributed by atoms with Gasteiger partial charge < -0.3 is 4.57 Å². The summed E-state index contributed by atoms with van der Waals surface area (Å²) in [5.41, 5.74) is 4.35. The standard InChI is InChI=1S/C17H13Cl2N/c1-12-7-9-16(13-5-3-2-4-6-13)20(12)17-10-8-14(18)11-15(17)19/h2-11H,1H3. The summed E-state index contributed by atoms with van der Waals surface area (Å²) < 4.78 is 2.15. The first-order valence-electron chi connectivity index (χ1n) is 6.36. The lowest BCUT2D eigenvalue weighted by Crippen LogP contribution is -1.99. The van der Waals surface area contributed by atoms with Crippen LogP contribution in [-0.2, 0) is 0 Å². The average Bonchev–Trinajstić information content (AvgIpc) is 2.82. The maximum Gasteiger partial charge on any atom is 0.0661 e. The SMILES string of the molecule is Cc1ccc(-c2ccccc2)n1-c1ccc(Cl)cc1Cl. The maximum atomic E-state index is 6.35. The van der Waals surface area contributed by atoms with Crippen molar-refractivity contribution >= 4 is 23.2 Å². The molecule has 0 fully saturated rings. The van der Waals surface area contributed by atoms with E-state index in [0.717, 1.165) is 22.6 Å². The predicted octanol–water partition coefficient (Wildman–Crippen LogP) is 5.76. The Labute approximate surface area is 128 Å². The molecule has 0 amide bonds. The third-order valence-corrected chi connectivity index (χ3v) is 3.83. The summed E-state index contributed by atoms with van der Waals surface area (Å²) in [6.45, 7) is 2.07. The number of aryl methyl sites for hydroxylation is 1. The van der Waals surface area contributed by atoms with E-state index in [4.69, 9.17) is 23.2 Å². The molecule has 1 heterocycles. The lowest BCUT2D eigenvalue weighted by atomic mass is 10.1. The van der Waals surface area contributed by atoms with Crippen LogP contribution >= 0.6 is 23.2 Å². The van der Waals surface area contributed by atoms with Crippen molar-refractivity contribution in [3.8, 4) is 16.9 Å². The Morgan fingerprint density at radius 2 is 1.60 bits per heavy atom. The number of hydrogen-bond acceptors (Lipinski definition) is 0. The van der Waals surface area contributed by atoms with Gasteiger partial charge in [0, 0.05) is 10.7 Å². The lowest BCUT2D eigenvalue weighted by molar-refractivity contribution is 1.02. The molecule has 0 N–H and O–H groups in total. The summed E-state index contributed by atoms with van der Waals surface area (Å²) in [5, 5.41) is 1.29. The van der Waals surface area contributed by atoms with Gasteiger partial charge in [0.1, 0.15) is 0 Å². The van der Waals surface area contributed by atoms with Crippen molar-refractivity contribution < 1.29 is 0 Å². The fraction of sp³-hybridized carbons (Fsp3) is 0.0588. The smallest absolute Gasteiger partial charge is 0.0661 e. The van der Waals surface area contributed by atoms with Crippen LogP contribution in [0.2, 0.25) is 10.0 Å². The molecule has 1 aromatic heterocycles. The molecule has 0 aliphatic carbocycles. The summed E-state index contributed by atoms with van der Waals surface area (Å²) >= 11 is 12.3. The molecule has 0 saturated carbocycles. The van der Waals surface area contributed by atoms with Crippen LogP contribution in [0.1, 0.15) is 5.69 Å². The van der Waals surface area contributed by atoms with Gasteiger partial charge in [-0.05, 0) is 42.8 Å². The summed E-state index contributed by atoms with van der Waals surface area (Å²) in [4.78, 5) is 0. The van der Waals surface area contributed by atoms with Crippen molar-refractivity contribution in [3.05, 3.63) is 76.4 Å². The monoisotopic (exact) mass is 301 g/mol. The van der Waals surface area contributed by atoms with Crippen molar-refractivity contribution in [2.75, 3.05) is 0 Å². The summed E-state index contributed by atoms with van der Waals surface area (Å²) in [5.74, 6) is 0. The van der Waals surface area contributed by atoms with Crippen molar-refractivity contribution in [1.82, 2.24) is 4.57 Å². The highest BCUT2D eigenvalue weighted by molar-refractivity contribution is 6.35. The van der Waals surface area contributed by atoms with Crippen molar-refractivity contribution in [2.24, 2.45) is 0 Å². The van der Waals surface area contributed by atoms with Crippen LogP contribution in [-0.4, -0.2) is 4.57 Å². The van der Waals surface area contributed by atoms with Crippen LogP contribution in [0.25, 0.3) is 16.9 Å². The number of nitrogens with zero attached hydrogens (tertiary/aromatic N) is 1. The van der Waals surface area contributed by atoms with Crippen LogP contribution in [0.15, 0.2) is 60.7 Å². The molecule has 0 atom stereocenters. The molecule has 0 radical (unpaired) electrons. The molecular weight excluding hydrogens is 289 g/mol. The zero-order valence-corrected chi connectivity index (χ0v) is 12.5. The quantitative estimate of drug-likeness (QED) is 0.567. The highest BCUT2D eigenvalue weighted by atomic mass is 35.5. The third-order valence-electron chi connectivity index (χ3n) is 3.30. The van der Waals surface area contributed by atoms with Gasteiger partial charge in [-0.25, -0.2) is 0 Å². The molecule has 0 spiro atoms. The van der Waals surface area contributed by atoms with Gasteiger partial charge in [-0.1, -0.05) is 53.5 Å². The first-order valence-corrected chi connectivity index (χ1v) is 7.11. The lowest BCUT2D eigenvalue weighted by Gasteiger charge is -2.14. The molecule has 0 aliphatic heterocycles. The number of benzene rings is 2. The highest BCUT2D eigenvalue weighted by Gasteiger charge is 2.12. The van der Waals surface area contributed by atoms with Crippen LogP contribution in [0.4, 0.5) is 0 Å². The Kier molecular flexibility index (Phi) is 3.56. The van der Waals surface area contributed by atoms with E-state index < -0.39 is 0 Å². The number of rotatable bonds is 2. The highest BCUT2D eigenvalue weighted by Crippen LogP contribution is 2.31.